The van der Waals surface area contributed by atoms with E-state index in [1.807, 2.05) is 34.7 Å². The van der Waals surface area contributed by atoms with Crippen molar-refractivity contribution < 1.29 is 9.84 Å². The molecule has 1 N–H and O–H groups in total. The van der Waals surface area contributed by atoms with Crippen LogP contribution in [0.2, 0.25) is 0 Å². The maximum atomic E-state index is 9.51. The second-order valence-electron chi connectivity index (χ2n) is 4.47. The molecule has 0 atom stereocenters. The maximum Gasteiger partial charge on any atom is 0.0718 e. The molecule has 0 aliphatic rings. The van der Waals surface area contributed by atoms with Crippen molar-refractivity contribution in [2.45, 2.75) is 39.4 Å². The molecule has 0 radical (unpaired) electrons. The zero-order valence-electron chi connectivity index (χ0n) is 9.50. The molecule has 0 spiro atoms. The molecule has 3 nitrogen and oxygen atoms in total. The first-order chi connectivity index (χ1) is 5.81. The van der Waals surface area contributed by atoms with Crippen LogP contribution in [0.1, 0.15) is 27.7 Å². The Kier molecular flexibility index (Phi) is 5.53. The summed E-state index contributed by atoms with van der Waals surface area (Å²) in [6.45, 7) is 9.94. The zero-order valence-corrected chi connectivity index (χ0v) is 9.50. The number of likely N-dealkylation sites (N-methyl/N-ethyl adjacent to an activating group) is 1. The lowest BCUT2D eigenvalue weighted by atomic mass is 10.1. The fraction of sp³-hybridized carbons (Fsp3) is 1.00. The van der Waals surface area contributed by atoms with E-state index < -0.39 is 5.60 Å². The molecule has 0 saturated heterocycles. The van der Waals surface area contributed by atoms with Crippen molar-refractivity contribution in [1.29, 1.82) is 0 Å². The third-order valence-corrected chi connectivity index (χ3v) is 1.58. The van der Waals surface area contributed by atoms with Crippen molar-refractivity contribution in [3.05, 3.63) is 0 Å². The Morgan fingerprint density at radius 1 is 1.38 bits per heavy atom. The summed E-state index contributed by atoms with van der Waals surface area (Å²) in [6, 6.07) is 0. The molecule has 0 aromatic carbocycles. The predicted octanol–water partition coefficient (Wildman–Crippen LogP) is 1.11. The van der Waals surface area contributed by atoms with Gasteiger partial charge in [-0.2, -0.15) is 0 Å². The third kappa shape index (κ3) is 9.80. The minimum absolute atomic E-state index is 0.288. The summed E-state index contributed by atoms with van der Waals surface area (Å²) in [7, 11) is 1.99. The highest BCUT2D eigenvalue weighted by molar-refractivity contribution is 4.69. The third-order valence-electron chi connectivity index (χ3n) is 1.58. The smallest absolute Gasteiger partial charge is 0.0718 e. The first-order valence-electron chi connectivity index (χ1n) is 4.84. The van der Waals surface area contributed by atoms with Gasteiger partial charge in [0.15, 0.2) is 0 Å². The average Bonchev–Trinajstić information content (AvgIpc) is 1.81. The van der Waals surface area contributed by atoms with Gasteiger partial charge in [-0.1, -0.05) is 0 Å². The van der Waals surface area contributed by atoms with E-state index in [1.54, 1.807) is 0 Å². The molecule has 3 heteroatoms. The Labute approximate surface area is 81.7 Å². The average molecular weight is 189 g/mol. The molecule has 0 aliphatic heterocycles. The second kappa shape index (κ2) is 5.58. The molecule has 13 heavy (non-hydrogen) atoms. The van der Waals surface area contributed by atoms with Crippen LogP contribution < -0.4 is 0 Å². The normalized spacial score (nSPS) is 12.9. The van der Waals surface area contributed by atoms with Crippen LogP contribution in [0.25, 0.3) is 0 Å². The van der Waals surface area contributed by atoms with Crippen LogP contribution in [0.15, 0.2) is 0 Å². The van der Waals surface area contributed by atoms with Crippen LogP contribution in [0.5, 0.6) is 0 Å². The monoisotopic (exact) mass is 189 g/mol. The summed E-state index contributed by atoms with van der Waals surface area (Å²) in [4.78, 5) is 2.07. The summed E-state index contributed by atoms with van der Waals surface area (Å²) in [6.07, 6.45) is 0.288. The van der Waals surface area contributed by atoms with Crippen LogP contribution in [-0.4, -0.2) is 48.5 Å². The molecule has 0 amide bonds. The first-order valence-corrected chi connectivity index (χ1v) is 4.84. The summed E-state index contributed by atoms with van der Waals surface area (Å²) >= 11 is 0. The van der Waals surface area contributed by atoms with Gasteiger partial charge in [0.25, 0.3) is 0 Å². The number of ether oxygens (including phenoxy) is 1. The number of hydrogen-bond donors (Lipinski definition) is 1. The molecule has 0 aromatic heterocycles. The molecule has 0 saturated carbocycles. The number of rotatable bonds is 6. The zero-order chi connectivity index (χ0) is 10.5. The van der Waals surface area contributed by atoms with Gasteiger partial charge in [-0.05, 0) is 34.7 Å². The van der Waals surface area contributed by atoms with Crippen molar-refractivity contribution in [1.82, 2.24) is 4.90 Å². The highest BCUT2D eigenvalue weighted by Crippen LogP contribution is 2.02. The van der Waals surface area contributed by atoms with Crippen LogP contribution >= 0.6 is 0 Å². The maximum absolute atomic E-state index is 9.51. The van der Waals surface area contributed by atoms with E-state index >= 15 is 0 Å². The Balaban J connectivity index is 3.46. The lowest BCUT2D eigenvalue weighted by Gasteiger charge is -2.25. The molecule has 0 unspecified atom stereocenters. The molecule has 80 valence electrons. The highest BCUT2D eigenvalue weighted by Gasteiger charge is 2.14. The molecule has 0 rings (SSSR count). The number of aliphatic hydroxyl groups is 1. The minimum atomic E-state index is -0.618. The van der Waals surface area contributed by atoms with Gasteiger partial charge in [-0.3, -0.25) is 0 Å². The predicted molar refractivity (Wildman–Crippen MR) is 54.9 cm³/mol. The van der Waals surface area contributed by atoms with Crippen LogP contribution in [0, 0.1) is 0 Å². The summed E-state index contributed by atoms with van der Waals surface area (Å²) < 4.78 is 5.40. The first kappa shape index (κ1) is 12.9. The molecule has 0 bridgehead atoms. The lowest BCUT2D eigenvalue weighted by Crippen LogP contribution is -2.38. The molecular weight excluding hydrogens is 166 g/mol. The number of nitrogens with zero attached hydrogens (tertiary/aromatic N) is 1. The van der Waals surface area contributed by atoms with Gasteiger partial charge < -0.3 is 14.7 Å². The van der Waals surface area contributed by atoms with Crippen molar-refractivity contribution >= 4 is 0 Å². The molecule has 0 fully saturated rings. The molecule has 0 aromatic rings. The van der Waals surface area contributed by atoms with Gasteiger partial charge in [0.05, 0.1) is 18.3 Å². The van der Waals surface area contributed by atoms with Crippen LogP contribution in [0.3, 0.4) is 0 Å². The van der Waals surface area contributed by atoms with Crippen molar-refractivity contribution in [2.75, 3.05) is 26.7 Å². The van der Waals surface area contributed by atoms with Gasteiger partial charge in [-0.15, -0.1) is 0 Å². The summed E-state index contributed by atoms with van der Waals surface area (Å²) in [5.74, 6) is 0. The van der Waals surface area contributed by atoms with E-state index in [-0.39, 0.29) is 6.10 Å². The van der Waals surface area contributed by atoms with Gasteiger partial charge in [0, 0.05) is 13.1 Å². The van der Waals surface area contributed by atoms with E-state index in [0.29, 0.717) is 6.54 Å². The van der Waals surface area contributed by atoms with E-state index in [1.165, 1.54) is 0 Å². The van der Waals surface area contributed by atoms with E-state index in [0.717, 1.165) is 13.2 Å². The minimum Gasteiger partial charge on any atom is -0.389 e. The Morgan fingerprint density at radius 3 is 2.31 bits per heavy atom. The van der Waals surface area contributed by atoms with Crippen molar-refractivity contribution in [3.8, 4) is 0 Å². The molecular formula is C10H23NO2. The second-order valence-corrected chi connectivity index (χ2v) is 4.47. The fourth-order valence-electron chi connectivity index (χ4n) is 1.18. The van der Waals surface area contributed by atoms with Gasteiger partial charge >= 0.3 is 0 Å². The largest absolute Gasteiger partial charge is 0.389 e. The van der Waals surface area contributed by atoms with E-state index in [4.69, 9.17) is 4.74 Å². The SMILES string of the molecule is CC(C)OCCN(C)CC(C)(C)O. The molecule has 0 aliphatic carbocycles. The van der Waals surface area contributed by atoms with E-state index in [2.05, 4.69) is 4.90 Å². The standard InChI is InChI=1S/C10H23NO2/c1-9(2)13-7-6-11(5)8-10(3,4)12/h9,12H,6-8H2,1-5H3. The highest BCUT2D eigenvalue weighted by atomic mass is 16.5. The van der Waals surface area contributed by atoms with Gasteiger partial charge in [-0.25, -0.2) is 0 Å². The van der Waals surface area contributed by atoms with Crippen molar-refractivity contribution in [2.24, 2.45) is 0 Å². The lowest BCUT2D eigenvalue weighted by molar-refractivity contribution is 0.0225. The summed E-state index contributed by atoms with van der Waals surface area (Å²) in [5.41, 5.74) is -0.618. The summed E-state index contributed by atoms with van der Waals surface area (Å²) in [5, 5.41) is 9.51. The molecule has 0 heterocycles. The topological polar surface area (TPSA) is 32.7 Å². The van der Waals surface area contributed by atoms with Crippen LogP contribution in [-0.2, 0) is 4.74 Å². The van der Waals surface area contributed by atoms with E-state index in [9.17, 15) is 5.11 Å². The fourth-order valence-corrected chi connectivity index (χ4v) is 1.18. The Morgan fingerprint density at radius 2 is 1.92 bits per heavy atom. The number of hydrogen-bond acceptors (Lipinski definition) is 3. The Bertz CT molecular complexity index is 129. The van der Waals surface area contributed by atoms with Gasteiger partial charge in [0.1, 0.15) is 0 Å². The quantitative estimate of drug-likeness (QED) is 0.679. The van der Waals surface area contributed by atoms with Crippen LogP contribution in [0.4, 0.5) is 0 Å². The Hall–Kier alpha value is -0.120. The van der Waals surface area contributed by atoms with Crippen molar-refractivity contribution in [3.63, 3.8) is 0 Å². The van der Waals surface area contributed by atoms with Gasteiger partial charge in [0.2, 0.25) is 0 Å².